The van der Waals surface area contributed by atoms with Crippen LogP contribution in [0.1, 0.15) is 13.8 Å². The number of nitrogens with one attached hydrogen (secondary N) is 1. The molecule has 0 atom stereocenters. The Morgan fingerprint density at radius 3 is 2.79 bits per heavy atom. The van der Waals surface area contributed by atoms with Crippen molar-refractivity contribution in [1.29, 1.82) is 0 Å². The van der Waals surface area contributed by atoms with Crippen molar-refractivity contribution in [2.24, 2.45) is 5.41 Å². The molecule has 1 heterocycles. The van der Waals surface area contributed by atoms with E-state index in [2.05, 4.69) is 10.3 Å². The molecule has 19 heavy (non-hydrogen) atoms. The van der Waals surface area contributed by atoms with Gasteiger partial charge in [0.05, 0.1) is 7.11 Å². The van der Waals surface area contributed by atoms with Crippen molar-refractivity contribution in [3.05, 3.63) is 30.5 Å². The SMILES string of the molecule is COc1ccc2ccnc(NCC(C)(C)CO)c2c1. The normalized spacial score (nSPS) is 11.6. The highest BCUT2D eigenvalue weighted by molar-refractivity contribution is 5.92. The molecule has 2 N–H and O–H groups in total. The number of ether oxygens (including phenoxy) is 1. The van der Waals surface area contributed by atoms with Gasteiger partial charge in [-0.15, -0.1) is 0 Å². The molecule has 0 aliphatic carbocycles. The second-order valence-corrected chi connectivity index (χ2v) is 5.42. The first-order valence-corrected chi connectivity index (χ1v) is 6.33. The maximum atomic E-state index is 9.29. The number of fused-ring (bicyclic) bond motifs is 1. The van der Waals surface area contributed by atoms with Gasteiger partial charge in [0.25, 0.3) is 0 Å². The topological polar surface area (TPSA) is 54.4 Å². The van der Waals surface area contributed by atoms with Gasteiger partial charge in [0.15, 0.2) is 0 Å². The van der Waals surface area contributed by atoms with Gasteiger partial charge in [-0.1, -0.05) is 19.9 Å². The molecule has 0 fully saturated rings. The van der Waals surface area contributed by atoms with E-state index in [4.69, 9.17) is 4.74 Å². The van der Waals surface area contributed by atoms with Crippen LogP contribution in [0.4, 0.5) is 5.82 Å². The number of aliphatic hydroxyl groups is 1. The lowest BCUT2D eigenvalue weighted by molar-refractivity contribution is 0.171. The number of rotatable bonds is 5. The summed E-state index contributed by atoms with van der Waals surface area (Å²) in [6, 6.07) is 7.88. The Kier molecular flexibility index (Phi) is 3.90. The molecular weight excluding hydrogens is 240 g/mol. The summed E-state index contributed by atoms with van der Waals surface area (Å²) in [4.78, 5) is 4.37. The van der Waals surface area contributed by atoms with Crippen molar-refractivity contribution in [2.45, 2.75) is 13.8 Å². The van der Waals surface area contributed by atoms with Crippen molar-refractivity contribution in [3.63, 3.8) is 0 Å². The number of nitrogens with zero attached hydrogens (tertiary/aromatic N) is 1. The summed E-state index contributed by atoms with van der Waals surface area (Å²) in [6.45, 7) is 4.80. The monoisotopic (exact) mass is 260 g/mol. The lowest BCUT2D eigenvalue weighted by Crippen LogP contribution is -2.27. The molecule has 0 saturated heterocycles. The van der Waals surface area contributed by atoms with E-state index >= 15 is 0 Å². The fraction of sp³-hybridized carbons (Fsp3) is 0.400. The van der Waals surface area contributed by atoms with Crippen molar-refractivity contribution < 1.29 is 9.84 Å². The second kappa shape index (κ2) is 5.45. The van der Waals surface area contributed by atoms with Crippen LogP contribution in [0.5, 0.6) is 5.75 Å². The van der Waals surface area contributed by atoms with Crippen LogP contribution in [-0.2, 0) is 0 Å². The highest BCUT2D eigenvalue weighted by atomic mass is 16.5. The second-order valence-electron chi connectivity index (χ2n) is 5.42. The van der Waals surface area contributed by atoms with Gasteiger partial charge in [-0.05, 0) is 23.6 Å². The summed E-state index contributed by atoms with van der Waals surface area (Å²) in [6.07, 6.45) is 1.78. The number of aliphatic hydroxyl groups excluding tert-OH is 1. The van der Waals surface area contributed by atoms with Crippen LogP contribution in [0.25, 0.3) is 10.8 Å². The van der Waals surface area contributed by atoms with Gasteiger partial charge in [0.2, 0.25) is 0 Å². The van der Waals surface area contributed by atoms with E-state index in [0.29, 0.717) is 6.54 Å². The zero-order valence-corrected chi connectivity index (χ0v) is 11.6. The highest BCUT2D eigenvalue weighted by Gasteiger charge is 2.16. The first-order chi connectivity index (χ1) is 9.05. The fourth-order valence-corrected chi connectivity index (χ4v) is 1.79. The summed E-state index contributed by atoms with van der Waals surface area (Å²) < 4.78 is 5.25. The van der Waals surface area contributed by atoms with Gasteiger partial charge >= 0.3 is 0 Å². The number of benzene rings is 1. The zero-order valence-electron chi connectivity index (χ0n) is 11.6. The Bertz CT molecular complexity index is 567. The predicted molar refractivity (Wildman–Crippen MR) is 77.7 cm³/mol. The number of methoxy groups -OCH3 is 1. The molecule has 0 aliphatic heterocycles. The van der Waals surface area contributed by atoms with Crippen LogP contribution in [0, 0.1) is 5.41 Å². The minimum atomic E-state index is -0.178. The molecule has 4 heteroatoms. The van der Waals surface area contributed by atoms with Crippen LogP contribution < -0.4 is 10.1 Å². The largest absolute Gasteiger partial charge is 0.497 e. The molecule has 2 aromatic rings. The van der Waals surface area contributed by atoms with E-state index in [1.807, 2.05) is 38.1 Å². The quantitative estimate of drug-likeness (QED) is 0.868. The van der Waals surface area contributed by atoms with E-state index in [9.17, 15) is 5.11 Å². The lowest BCUT2D eigenvalue weighted by Gasteiger charge is -2.22. The molecular formula is C15H20N2O2. The van der Waals surface area contributed by atoms with Crippen LogP contribution in [-0.4, -0.2) is 30.4 Å². The van der Waals surface area contributed by atoms with E-state index in [0.717, 1.165) is 22.3 Å². The van der Waals surface area contributed by atoms with Crippen LogP contribution >= 0.6 is 0 Å². The van der Waals surface area contributed by atoms with E-state index in [1.165, 1.54) is 0 Å². The number of anilines is 1. The Hall–Kier alpha value is -1.81. The van der Waals surface area contributed by atoms with E-state index in [1.54, 1.807) is 13.3 Å². The molecule has 1 aromatic carbocycles. The van der Waals surface area contributed by atoms with Crippen molar-refractivity contribution >= 4 is 16.6 Å². The van der Waals surface area contributed by atoms with Gasteiger partial charge in [0, 0.05) is 30.1 Å². The van der Waals surface area contributed by atoms with Crippen LogP contribution in [0.3, 0.4) is 0 Å². The Morgan fingerprint density at radius 2 is 2.11 bits per heavy atom. The van der Waals surface area contributed by atoms with Crippen molar-refractivity contribution in [2.75, 3.05) is 25.6 Å². The zero-order chi connectivity index (χ0) is 13.9. The van der Waals surface area contributed by atoms with Crippen LogP contribution in [0.15, 0.2) is 30.5 Å². The average molecular weight is 260 g/mol. The Balaban J connectivity index is 2.32. The molecule has 102 valence electrons. The Labute approximate surface area is 113 Å². The summed E-state index contributed by atoms with van der Waals surface area (Å²) in [5.41, 5.74) is -0.178. The maximum absolute atomic E-state index is 9.29. The number of hydrogen-bond acceptors (Lipinski definition) is 4. The lowest BCUT2D eigenvalue weighted by atomic mass is 9.95. The highest BCUT2D eigenvalue weighted by Crippen LogP contribution is 2.26. The molecule has 0 spiro atoms. The van der Waals surface area contributed by atoms with Crippen molar-refractivity contribution in [1.82, 2.24) is 4.98 Å². The van der Waals surface area contributed by atoms with Gasteiger partial charge < -0.3 is 15.2 Å². The first kappa shape index (κ1) is 13.6. The fourth-order valence-electron chi connectivity index (χ4n) is 1.79. The van der Waals surface area contributed by atoms with E-state index in [-0.39, 0.29) is 12.0 Å². The summed E-state index contributed by atoms with van der Waals surface area (Å²) in [5.74, 6) is 1.63. The molecule has 1 aromatic heterocycles. The van der Waals surface area contributed by atoms with Gasteiger partial charge in [-0.25, -0.2) is 4.98 Å². The molecule has 0 radical (unpaired) electrons. The Morgan fingerprint density at radius 1 is 1.32 bits per heavy atom. The summed E-state index contributed by atoms with van der Waals surface area (Å²) >= 11 is 0. The smallest absolute Gasteiger partial charge is 0.133 e. The third-order valence-corrected chi connectivity index (χ3v) is 3.14. The predicted octanol–water partition coefficient (Wildman–Crippen LogP) is 2.67. The molecule has 4 nitrogen and oxygen atoms in total. The molecule has 0 amide bonds. The van der Waals surface area contributed by atoms with E-state index < -0.39 is 0 Å². The number of hydrogen-bond donors (Lipinski definition) is 2. The van der Waals surface area contributed by atoms with Crippen LogP contribution in [0.2, 0.25) is 0 Å². The molecule has 0 bridgehead atoms. The molecule has 0 unspecified atom stereocenters. The number of pyridine rings is 1. The van der Waals surface area contributed by atoms with Gasteiger partial charge in [0.1, 0.15) is 11.6 Å². The molecule has 0 saturated carbocycles. The minimum absolute atomic E-state index is 0.133. The molecule has 0 aliphatic rings. The van der Waals surface area contributed by atoms with Crippen molar-refractivity contribution in [3.8, 4) is 5.75 Å². The molecule has 2 rings (SSSR count). The first-order valence-electron chi connectivity index (χ1n) is 6.33. The average Bonchev–Trinajstić information content (AvgIpc) is 2.44. The minimum Gasteiger partial charge on any atom is -0.497 e. The van der Waals surface area contributed by atoms with Gasteiger partial charge in [-0.3, -0.25) is 0 Å². The third-order valence-electron chi connectivity index (χ3n) is 3.14. The maximum Gasteiger partial charge on any atom is 0.133 e. The summed E-state index contributed by atoms with van der Waals surface area (Å²) in [7, 11) is 1.65. The third kappa shape index (κ3) is 3.15. The standard InChI is InChI=1S/C15H20N2O2/c1-15(2,10-18)9-17-14-13-8-12(19-3)5-4-11(13)6-7-16-14/h4-8,18H,9-10H2,1-3H3,(H,16,17). The number of aromatic nitrogens is 1. The van der Waals surface area contributed by atoms with Gasteiger partial charge in [-0.2, -0.15) is 0 Å². The summed E-state index contributed by atoms with van der Waals surface area (Å²) in [5, 5.41) is 14.7.